The van der Waals surface area contributed by atoms with Gasteiger partial charge in [-0.25, -0.2) is 0 Å². The van der Waals surface area contributed by atoms with Crippen LogP contribution < -0.4 is 16.0 Å². The summed E-state index contributed by atoms with van der Waals surface area (Å²) < 4.78 is 0. The fraction of sp³-hybridized carbons (Fsp3) is 0.545. The molecule has 0 bridgehead atoms. The summed E-state index contributed by atoms with van der Waals surface area (Å²) in [6, 6.07) is 8.36. The van der Waals surface area contributed by atoms with Crippen LogP contribution in [-0.4, -0.2) is 42.6 Å². The summed E-state index contributed by atoms with van der Waals surface area (Å²) in [6.45, 7) is 0.602. The average molecular weight is 399 g/mol. The number of benzene rings is 1. The molecule has 1 aliphatic heterocycles. The van der Waals surface area contributed by atoms with E-state index in [4.69, 9.17) is 0 Å². The Hall–Kier alpha value is -2.70. The fourth-order valence-electron chi connectivity index (χ4n) is 3.70. The second-order valence-electron chi connectivity index (χ2n) is 8.05. The summed E-state index contributed by atoms with van der Waals surface area (Å²) in [7, 11) is 0. The Bertz CT molecular complexity index is 733. The number of hydrogen-bond donors (Lipinski definition) is 3. The van der Waals surface area contributed by atoms with E-state index in [1.807, 2.05) is 30.3 Å². The summed E-state index contributed by atoms with van der Waals surface area (Å²) in [5.41, 5.74) is 1.07. The standard InChI is InChI=1S/C22H29N3O4/c26-14-18(13-17-10-11-23-21(17)28)24-22(29)19(12-16-6-7-16)25-20(27)9-8-15-4-2-1-3-5-15/h1-5,14,16-19H,6-13H2,(H,23,28)(H,24,29)(H,25,27)/t17-,18?,19-/m0/s1. The molecule has 2 aliphatic rings. The lowest BCUT2D eigenvalue weighted by molar-refractivity contribution is -0.130. The van der Waals surface area contributed by atoms with Gasteiger partial charge in [-0.15, -0.1) is 0 Å². The highest BCUT2D eigenvalue weighted by molar-refractivity contribution is 5.89. The maximum Gasteiger partial charge on any atom is 0.243 e. The molecule has 156 valence electrons. The SMILES string of the molecule is O=CC(C[C@@H]1CCNC1=O)NC(=O)[C@H](CC1CC1)NC(=O)CCc1ccccc1. The van der Waals surface area contributed by atoms with E-state index in [0.29, 0.717) is 50.9 Å². The molecule has 1 saturated carbocycles. The first-order valence-electron chi connectivity index (χ1n) is 10.4. The van der Waals surface area contributed by atoms with Crippen LogP contribution >= 0.6 is 0 Å². The first kappa shape index (κ1) is 21.0. The van der Waals surface area contributed by atoms with Crippen molar-refractivity contribution in [2.75, 3.05) is 6.54 Å². The highest BCUT2D eigenvalue weighted by atomic mass is 16.2. The van der Waals surface area contributed by atoms with Crippen LogP contribution in [0.4, 0.5) is 0 Å². The molecule has 3 amide bonds. The predicted molar refractivity (Wildman–Crippen MR) is 108 cm³/mol. The number of hydrogen-bond acceptors (Lipinski definition) is 4. The fourth-order valence-corrected chi connectivity index (χ4v) is 3.70. The Morgan fingerprint density at radius 1 is 1.10 bits per heavy atom. The summed E-state index contributed by atoms with van der Waals surface area (Å²) >= 11 is 0. The van der Waals surface area contributed by atoms with E-state index < -0.39 is 12.1 Å². The minimum Gasteiger partial charge on any atom is -0.356 e. The van der Waals surface area contributed by atoms with E-state index >= 15 is 0 Å². The van der Waals surface area contributed by atoms with E-state index in [-0.39, 0.29) is 23.6 Å². The molecule has 2 fully saturated rings. The maximum absolute atomic E-state index is 12.8. The minimum atomic E-state index is -0.723. The first-order valence-corrected chi connectivity index (χ1v) is 10.4. The van der Waals surface area contributed by atoms with Crippen LogP contribution in [0, 0.1) is 11.8 Å². The number of aldehydes is 1. The van der Waals surface area contributed by atoms with Crippen LogP contribution in [0.25, 0.3) is 0 Å². The Labute approximate surface area is 171 Å². The van der Waals surface area contributed by atoms with Crippen LogP contribution in [0.3, 0.4) is 0 Å². The van der Waals surface area contributed by atoms with Gasteiger partial charge in [0.25, 0.3) is 0 Å². The molecule has 1 aromatic rings. The molecule has 1 aromatic carbocycles. The molecule has 0 spiro atoms. The first-order chi connectivity index (χ1) is 14.0. The van der Waals surface area contributed by atoms with Crippen molar-refractivity contribution in [2.24, 2.45) is 11.8 Å². The quantitative estimate of drug-likeness (QED) is 0.485. The topological polar surface area (TPSA) is 104 Å². The van der Waals surface area contributed by atoms with Gasteiger partial charge in [0.1, 0.15) is 12.3 Å². The van der Waals surface area contributed by atoms with Gasteiger partial charge in [-0.1, -0.05) is 43.2 Å². The molecule has 3 atom stereocenters. The van der Waals surface area contributed by atoms with Gasteiger partial charge in [0.05, 0.1) is 6.04 Å². The van der Waals surface area contributed by atoms with Gasteiger partial charge < -0.3 is 20.7 Å². The third-order valence-corrected chi connectivity index (χ3v) is 5.59. The Balaban J connectivity index is 1.52. The van der Waals surface area contributed by atoms with Gasteiger partial charge in [0.15, 0.2) is 0 Å². The average Bonchev–Trinajstić information content (AvgIpc) is 3.46. The number of rotatable bonds is 11. The zero-order valence-electron chi connectivity index (χ0n) is 16.6. The van der Waals surface area contributed by atoms with Crippen molar-refractivity contribution in [3.63, 3.8) is 0 Å². The summed E-state index contributed by atoms with van der Waals surface area (Å²) in [4.78, 5) is 48.3. The molecule has 0 radical (unpaired) electrons. The highest BCUT2D eigenvalue weighted by Gasteiger charge is 2.33. The number of carbonyl (C=O) groups excluding carboxylic acids is 4. The van der Waals surface area contributed by atoms with Gasteiger partial charge >= 0.3 is 0 Å². The summed E-state index contributed by atoms with van der Waals surface area (Å²) in [5, 5.41) is 8.31. The molecular weight excluding hydrogens is 370 g/mol. The molecular formula is C22H29N3O4. The molecule has 3 rings (SSSR count). The third kappa shape index (κ3) is 6.69. The lowest BCUT2D eigenvalue weighted by Gasteiger charge is -2.22. The number of aryl methyl sites for hydroxylation is 1. The maximum atomic E-state index is 12.8. The summed E-state index contributed by atoms with van der Waals surface area (Å²) in [5.74, 6) is -0.411. The van der Waals surface area contributed by atoms with E-state index in [2.05, 4.69) is 16.0 Å². The molecule has 3 N–H and O–H groups in total. The minimum absolute atomic E-state index is 0.0742. The van der Waals surface area contributed by atoms with Crippen molar-refractivity contribution in [3.05, 3.63) is 35.9 Å². The molecule has 1 unspecified atom stereocenters. The van der Waals surface area contributed by atoms with Crippen LogP contribution in [0.2, 0.25) is 0 Å². The zero-order valence-corrected chi connectivity index (χ0v) is 16.6. The van der Waals surface area contributed by atoms with Crippen molar-refractivity contribution >= 4 is 24.0 Å². The van der Waals surface area contributed by atoms with E-state index in [9.17, 15) is 19.2 Å². The van der Waals surface area contributed by atoms with Crippen molar-refractivity contribution in [1.82, 2.24) is 16.0 Å². The third-order valence-electron chi connectivity index (χ3n) is 5.59. The van der Waals surface area contributed by atoms with Crippen molar-refractivity contribution in [3.8, 4) is 0 Å². The molecule has 1 aliphatic carbocycles. The van der Waals surface area contributed by atoms with E-state index in [0.717, 1.165) is 18.4 Å². The number of carbonyl (C=O) groups is 4. The van der Waals surface area contributed by atoms with Crippen molar-refractivity contribution < 1.29 is 19.2 Å². The molecule has 29 heavy (non-hydrogen) atoms. The smallest absolute Gasteiger partial charge is 0.243 e. The number of amides is 3. The normalized spacial score (nSPS) is 20.4. The van der Waals surface area contributed by atoms with Crippen LogP contribution in [0.15, 0.2) is 30.3 Å². The highest BCUT2D eigenvalue weighted by Crippen LogP contribution is 2.33. The van der Waals surface area contributed by atoms with E-state index in [1.54, 1.807) is 0 Å². The molecule has 1 heterocycles. The Kier molecular flexibility index (Phi) is 7.38. The lowest BCUT2D eigenvalue weighted by atomic mass is 9.98. The Morgan fingerprint density at radius 3 is 2.48 bits per heavy atom. The van der Waals surface area contributed by atoms with Gasteiger partial charge in [-0.05, 0) is 37.2 Å². The monoisotopic (exact) mass is 399 g/mol. The second kappa shape index (κ2) is 10.2. The lowest BCUT2D eigenvalue weighted by Crippen LogP contribution is -2.50. The molecule has 7 nitrogen and oxygen atoms in total. The molecule has 1 saturated heterocycles. The summed E-state index contributed by atoms with van der Waals surface area (Å²) in [6.07, 6.45) is 5.25. The molecule has 0 aromatic heterocycles. The van der Waals surface area contributed by atoms with Gasteiger partial charge in [0, 0.05) is 18.9 Å². The Morgan fingerprint density at radius 2 is 1.86 bits per heavy atom. The van der Waals surface area contributed by atoms with Gasteiger partial charge in [-0.3, -0.25) is 14.4 Å². The van der Waals surface area contributed by atoms with Crippen LogP contribution in [0.1, 0.15) is 44.1 Å². The van der Waals surface area contributed by atoms with E-state index in [1.165, 1.54) is 0 Å². The van der Waals surface area contributed by atoms with Crippen LogP contribution in [-0.2, 0) is 25.6 Å². The number of nitrogens with one attached hydrogen (secondary N) is 3. The zero-order chi connectivity index (χ0) is 20.6. The predicted octanol–water partition coefficient (Wildman–Crippen LogP) is 1.11. The van der Waals surface area contributed by atoms with Crippen molar-refractivity contribution in [1.29, 1.82) is 0 Å². The van der Waals surface area contributed by atoms with Gasteiger partial charge in [0.2, 0.25) is 17.7 Å². The molecule has 7 heteroatoms. The largest absolute Gasteiger partial charge is 0.356 e. The van der Waals surface area contributed by atoms with Crippen LogP contribution in [0.5, 0.6) is 0 Å². The van der Waals surface area contributed by atoms with Gasteiger partial charge in [-0.2, -0.15) is 0 Å². The second-order valence-corrected chi connectivity index (χ2v) is 8.05. The van der Waals surface area contributed by atoms with Crippen molar-refractivity contribution in [2.45, 2.75) is 57.0 Å².